The number of pyridine rings is 1. The van der Waals surface area contributed by atoms with Crippen LogP contribution in [-0.2, 0) is 0 Å². The Hall–Kier alpha value is -2.36. The fourth-order valence-corrected chi connectivity index (χ4v) is 3.10. The van der Waals surface area contributed by atoms with Gasteiger partial charge < -0.3 is 10.2 Å². The first-order chi connectivity index (χ1) is 11.6. The van der Waals surface area contributed by atoms with Crippen LogP contribution >= 0.6 is 0 Å². The van der Waals surface area contributed by atoms with Crippen molar-refractivity contribution in [2.75, 3.05) is 18.0 Å². The van der Waals surface area contributed by atoms with Gasteiger partial charge in [-0.15, -0.1) is 0 Å². The van der Waals surface area contributed by atoms with Gasteiger partial charge in [-0.25, -0.2) is 0 Å². The second-order valence-corrected chi connectivity index (χ2v) is 6.71. The summed E-state index contributed by atoms with van der Waals surface area (Å²) in [5.41, 5.74) is 2.76. The molecule has 2 heterocycles. The zero-order valence-electron chi connectivity index (χ0n) is 14.4. The van der Waals surface area contributed by atoms with Gasteiger partial charge in [0, 0.05) is 19.3 Å². The Morgan fingerprint density at radius 1 is 1.21 bits per heavy atom. The average Bonchev–Trinajstić information content (AvgIpc) is 2.63. The summed E-state index contributed by atoms with van der Waals surface area (Å²) in [5.74, 6) is 0.707. The summed E-state index contributed by atoms with van der Waals surface area (Å²) in [4.78, 5) is 19.1. The van der Waals surface area contributed by atoms with E-state index in [1.807, 2.05) is 49.5 Å². The van der Waals surface area contributed by atoms with Gasteiger partial charge in [-0.3, -0.25) is 9.78 Å². The summed E-state index contributed by atoms with van der Waals surface area (Å²) in [7, 11) is 0. The van der Waals surface area contributed by atoms with E-state index in [0.717, 1.165) is 30.3 Å². The first kappa shape index (κ1) is 16.5. The number of hydrogen-bond donors (Lipinski definition) is 1. The van der Waals surface area contributed by atoms with Crippen molar-refractivity contribution >= 4 is 11.6 Å². The molecule has 1 aliphatic heterocycles. The molecule has 1 aromatic carbocycles. The lowest BCUT2D eigenvalue weighted by Gasteiger charge is -2.32. The van der Waals surface area contributed by atoms with Gasteiger partial charge in [0.25, 0.3) is 5.91 Å². The highest BCUT2D eigenvalue weighted by Crippen LogP contribution is 2.23. The number of aromatic nitrogens is 1. The second kappa shape index (κ2) is 7.47. The Balaban J connectivity index is 1.68. The van der Waals surface area contributed by atoms with E-state index in [1.165, 1.54) is 12.8 Å². The summed E-state index contributed by atoms with van der Waals surface area (Å²) in [5, 5.41) is 3.05. The zero-order valence-corrected chi connectivity index (χ0v) is 14.4. The SMILES string of the molecule is CC1CCN(c2cncc(C(=O)NC(C)c3ccccc3)c2)CC1. The van der Waals surface area contributed by atoms with Gasteiger partial charge in [0.2, 0.25) is 0 Å². The molecule has 0 spiro atoms. The number of anilines is 1. The number of amides is 1. The molecular weight excluding hydrogens is 298 g/mol. The van der Waals surface area contributed by atoms with Gasteiger partial charge in [0.1, 0.15) is 0 Å². The summed E-state index contributed by atoms with van der Waals surface area (Å²) in [6.45, 7) is 6.36. The molecule has 1 unspecified atom stereocenters. The molecular formula is C20H25N3O. The number of benzene rings is 1. The lowest BCUT2D eigenvalue weighted by molar-refractivity contribution is 0.0939. The van der Waals surface area contributed by atoms with E-state index in [-0.39, 0.29) is 11.9 Å². The Morgan fingerprint density at radius 3 is 2.62 bits per heavy atom. The lowest BCUT2D eigenvalue weighted by atomic mass is 9.99. The van der Waals surface area contributed by atoms with Gasteiger partial charge in [-0.05, 0) is 37.3 Å². The van der Waals surface area contributed by atoms with Gasteiger partial charge in [0.15, 0.2) is 0 Å². The maximum atomic E-state index is 12.5. The molecule has 1 saturated heterocycles. The van der Waals surface area contributed by atoms with Crippen molar-refractivity contribution in [1.82, 2.24) is 10.3 Å². The minimum Gasteiger partial charge on any atom is -0.370 e. The Morgan fingerprint density at radius 2 is 1.92 bits per heavy atom. The molecule has 1 atom stereocenters. The smallest absolute Gasteiger partial charge is 0.253 e. The fourth-order valence-electron chi connectivity index (χ4n) is 3.10. The number of piperidine rings is 1. The molecule has 3 rings (SSSR count). The Labute approximate surface area is 143 Å². The molecule has 1 N–H and O–H groups in total. The van der Waals surface area contributed by atoms with Crippen LogP contribution < -0.4 is 10.2 Å². The van der Waals surface area contributed by atoms with Crippen LogP contribution in [0.1, 0.15) is 48.7 Å². The van der Waals surface area contributed by atoms with Crippen LogP contribution in [0, 0.1) is 5.92 Å². The Bertz CT molecular complexity index is 678. The summed E-state index contributed by atoms with van der Waals surface area (Å²) in [6, 6.07) is 11.9. The average molecular weight is 323 g/mol. The summed E-state index contributed by atoms with van der Waals surface area (Å²) < 4.78 is 0. The maximum Gasteiger partial charge on any atom is 0.253 e. The van der Waals surface area contributed by atoms with Crippen LogP contribution in [0.15, 0.2) is 48.8 Å². The van der Waals surface area contributed by atoms with E-state index in [1.54, 1.807) is 6.20 Å². The highest BCUT2D eigenvalue weighted by molar-refractivity contribution is 5.95. The maximum absolute atomic E-state index is 12.5. The summed E-state index contributed by atoms with van der Waals surface area (Å²) in [6.07, 6.45) is 5.89. The molecule has 4 nitrogen and oxygen atoms in total. The molecule has 24 heavy (non-hydrogen) atoms. The van der Waals surface area contributed by atoms with Crippen LogP contribution in [0.5, 0.6) is 0 Å². The predicted octanol–water partition coefficient (Wildman–Crippen LogP) is 3.81. The fraction of sp³-hybridized carbons (Fsp3) is 0.400. The first-order valence-corrected chi connectivity index (χ1v) is 8.69. The van der Waals surface area contributed by atoms with E-state index >= 15 is 0 Å². The van der Waals surface area contributed by atoms with E-state index in [0.29, 0.717) is 5.56 Å². The highest BCUT2D eigenvalue weighted by atomic mass is 16.1. The molecule has 126 valence electrons. The van der Waals surface area contributed by atoms with Crippen LogP contribution in [0.25, 0.3) is 0 Å². The molecule has 0 saturated carbocycles. The standard InChI is InChI=1S/C20H25N3O/c1-15-8-10-23(11-9-15)19-12-18(13-21-14-19)20(24)22-16(2)17-6-4-3-5-7-17/h3-7,12-16H,8-11H2,1-2H3,(H,22,24). The van der Waals surface area contributed by atoms with Gasteiger partial charge >= 0.3 is 0 Å². The largest absolute Gasteiger partial charge is 0.370 e. The molecule has 4 heteroatoms. The normalized spacial score (nSPS) is 16.7. The number of nitrogens with one attached hydrogen (secondary N) is 1. The molecule has 1 aliphatic rings. The number of carbonyl (C=O) groups is 1. The predicted molar refractivity (Wildman–Crippen MR) is 97.2 cm³/mol. The molecule has 0 radical (unpaired) electrons. The molecule has 1 fully saturated rings. The Kier molecular flexibility index (Phi) is 5.14. The van der Waals surface area contributed by atoms with Crippen molar-refractivity contribution in [2.24, 2.45) is 5.92 Å². The van der Waals surface area contributed by atoms with E-state index < -0.39 is 0 Å². The molecule has 1 amide bonds. The lowest BCUT2D eigenvalue weighted by Crippen LogP contribution is -2.33. The van der Waals surface area contributed by atoms with E-state index in [4.69, 9.17) is 0 Å². The molecule has 1 aromatic heterocycles. The summed E-state index contributed by atoms with van der Waals surface area (Å²) >= 11 is 0. The van der Waals surface area contributed by atoms with Gasteiger partial charge in [-0.1, -0.05) is 37.3 Å². The molecule has 0 aliphatic carbocycles. The van der Waals surface area contributed by atoms with E-state index in [9.17, 15) is 4.79 Å². The third kappa shape index (κ3) is 3.94. The van der Waals surface area contributed by atoms with Crippen molar-refractivity contribution in [2.45, 2.75) is 32.7 Å². The number of rotatable bonds is 4. The number of carbonyl (C=O) groups excluding carboxylic acids is 1. The monoisotopic (exact) mass is 323 g/mol. The minimum absolute atomic E-state index is 0.0295. The van der Waals surface area contributed by atoms with Crippen molar-refractivity contribution in [3.8, 4) is 0 Å². The minimum atomic E-state index is -0.0777. The topological polar surface area (TPSA) is 45.2 Å². The van der Waals surface area contributed by atoms with Crippen LogP contribution in [-0.4, -0.2) is 24.0 Å². The van der Waals surface area contributed by atoms with Crippen molar-refractivity contribution < 1.29 is 4.79 Å². The third-order valence-electron chi connectivity index (χ3n) is 4.78. The molecule has 2 aromatic rings. The van der Waals surface area contributed by atoms with Gasteiger partial charge in [-0.2, -0.15) is 0 Å². The second-order valence-electron chi connectivity index (χ2n) is 6.71. The quantitative estimate of drug-likeness (QED) is 0.930. The number of nitrogens with zero attached hydrogens (tertiary/aromatic N) is 2. The van der Waals surface area contributed by atoms with Crippen LogP contribution in [0.4, 0.5) is 5.69 Å². The number of hydrogen-bond acceptors (Lipinski definition) is 3. The molecule has 0 bridgehead atoms. The van der Waals surface area contributed by atoms with Crippen molar-refractivity contribution in [1.29, 1.82) is 0 Å². The van der Waals surface area contributed by atoms with Crippen LogP contribution in [0.3, 0.4) is 0 Å². The third-order valence-corrected chi connectivity index (χ3v) is 4.78. The first-order valence-electron chi connectivity index (χ1n) is 8.69. The van der Waals surface area contributed by atoms with Crippen LogP contribution in [0.2, 0.25) is 0 Å². The van der Waals surface area contributed by atoms with Crippen molar-refractivity contribution in [3.63, 3.8) is 0 Å². The highest BCUT2D eigenvalue weighted by Gasteiger charge is 2.18. The van der Waals surface area contributed by atoms with E-state index in [2.05, 4.69) is 22.1 Å². The zero-order chi connectivity index (χ0) is 16.9. The van der Waals surface area contributed by atoms with Gasteiger partial charge in [0.05, 0.1) is 23.5 Å². The van der Waals surface area contributed by atoms with Crippen molar-refractivity contribution in [3.05, 3.63) is 59.9 Å².